The maximum Gasteiger partial charge on any atom is 0.344 e. The largest absolute Gasteiger partial charge is 0.465 e. The fourth-order valence-corrected chi connectivity index (χ4v) is 7.69. The summed E-state index contributed by atoms with van der Waals surface area (Å²) in [7, 11) is 1.26. The number of methoxy groups -OCH3 is 1. The molecule has 0 saturated carbocycles. The van der Waals surface area contributed by atoms with Crippen LogP contribution in [0.5, 0.6) is 0 Å². The van der Waals surface area contributed by atoms with Gasteiger partial charge in [0.15, 0.2) is 16.7 Å². The second kappa shape index (κ2) is 10.8. The van der Waals surface area contributed by atoms with Crippen LogP contribution >= 0.6 is 34.5 Å². The van der Waals surface area contributed by atoms with Crippen molar-refractivity contribution in [2.45, 2.75) is 70.1 Å². The smallest absolute Gasteiger partial charge is 0.344 e. The van der Waals surface area contributed by atoms with E-state index in [4.69, 9.17) is 37.2 Å². The summed E-state index contributed by atoms with van der Waals surface area (Å²) >= 11 is 14.3. The van der Waals surface area contributed by atoms with E-state index in [0.29, 0.717) is 44.0 Å². The number of nitrogens with zero attached hydrogens (tertiary/aromatic N) is 3. The molecule has 0 radical (unpaired) electrons. The molecule has 4 aromatic rings. The van der Waals surface area contributed by atoms with Gasteiger partial charge in [0.1, 0.15) is 22.9 Å². The number of aromatic nitrogens is 2. The Morgan fingerprint density at radius 2 is 1.76 bits per heavy atom. The molecule has 2 bridgehead atoms. The number of piperidine rings is 1. The Hall–Kier alpha value is -3.21. The van der Waals surface area contributed by atoms with Gasteiger partial charge in [0.25, 0.3) is 0 Å². The highest BCUT2D eigenvalue weighted by Gasteiger charge is 2.44. The molecule has 2 aliphatic heterocycles. The first kappa shape index (κ1) is 28.9. The molecule has 0 N–H and O–H groups in total. The third kappa shape index (κ3) is 5.03. The first-order valence-corrected chi connectivity index (χ1v) is 15.2. The predicted octanol–water partition coefficient (Wildman–Crippen LogP) is 7.84. The van der Waals surface area contributed by atoms with E-state index in [2.05, 4.69) is 15.0 Å². The lowest BCUT2D eigenvalue weighted by molar-refractivity contribution is 0.0200. The summed E-state index contributed by atoms with van der Waals surface area (Å²) in [5, 5.41) is 5.60. The number of hydrogen-bond donors (Lipinski definition) is 0. The molecule has 2 aliphatic rings. The van der Waals surface area contributed by atoms with Crippen molar-refractivity contribution in [2.24, 2.45) is 0 Å². The SMILES string of the molecule is COC(=O)c1cc(F)c2nc(N3[C@@H]4CC[C@H]3CC(OC(=O)c3c(-c5c(Cl)cccc5Cl)noc3C(C)(C)C)C4)sc2c1. The summed E-state index contributed by atoms with van der Waals surface area (Å²) in [4.78, 5) is 32.6. The van der Waals surface area contributed by atoms with Crippen molar-refractivity contribution in [1.29, 1.82) is 0 Å². The zero-order valence-corrected chi connectivity index (χ0v) is 25.7. The number of esters is 2. The van der Waals surface area contributed by atoms with E-state index in [1.807, 2.05) is 20.8 Å². The van der Waals surface area contributed by atoms with E-state index in [1.165, 1.54) is 18.4 Å². The number of ether oxygens (including phenoxy) is 2. The number of anilines is 1. The van der Waals surface area contributed by atoms with Crippen LogP contribution < -0.4 is 4.90 Å². The maximum atomic E-state index is 14.8. The van der Waals surface area contributed by atoms with Gasteiger partial charge in [0, 0.05) is 35.9 Å². The van der Waals surface area contributed by atoms with Gasteiger partial charge in [-0.15, -0.1) is 0 Å². The summed E-state index contributed by atoms with van der Waals surface area (Å²) in [5.74, 6) is -1.32. The number of halogens is 3. The van der Waals surface area contributed by atoms with Crippen molar-refractivity contribution < 1.29 is 28.0 Å². The number of carbonyl (C=O) groups excluding carboxylic acids is 2. The van der Waals surface area contributed by atoms with Crippen LogP contribution in [0.3, 0.4) is 0 Å². The van der Waals surface area contributed by atoms with Gasteiger partial charge >= 0.3 is 11.9 Å². The molecule has 6 rings (SSSR count). The van der Waals surface area contributed by atoms with Crippen LogP contribution in [0.1, 0.15) is 72.9 Å². The third-order valence-corrected chi connectivity index (χ3v) is 9.47. The second-order valence-electron chi connectivity index (χ2n) is 11.7. The lowest BCUT2D eigenvalue weighted by atomic mass is 9.88. The Morgan fingerprint density at radius 3 is 2.38 bits per heavy atom. The van der Waals surface area contributed by atoms with E-state index < -0.39 is 23.2 Å². The summed E-state index contributed by atoms with van der Waals surface area (Å²) < 4.78 is 32.0. The monoisotopic (exact) mass is 631 g/mol. The molecule has 1 unspecified atom stereocenters. The molecule has 2 saturated heterocycles. The van der Waals surface area contributed by atoms with E-state index in [-0.39, 0.29) is 40.5 Å². The summed E-state index contributed by atoms with van der Waals surface area (Å²) in [6, 6.07) is 7.97. The minimum atomic E-state index is -0.601. The quantitative estimate of drug-likeness (QED) is 0.206. The fourth-order valence-electron chi connectivity index (χ4n) is 5.96. The van der Waals surface area contributed by atoms with Crippen LogP contribution in [0.15, 0.2) is 34.9 Å². The molecule has 2 aromatic heterocycles. The van der Waals surface area contributed by atoms with Gasteiger partial charge in [0.05, 0.1) is 27.4 Å². The normalized spacial score (nSPS) is 20.3. The minimum Gasteiger partial charge on any atom is -0.465 e. The Labute approximate surface area is 255 Å². The van der Waals surface area contributed by atoms with E-state index >= 15 is 0 Å². The molecule has 8 nitrogen and oxygen atoms in total. The van der Waals surface area contributed by atoms with Gasteiger partial charge in [-0.25, -0.2) is 19.0 Å². The molecular formula is C30H28Cl2FN3O5S. The van der Waals surface area contributed by atoms with Crippen molar-refractivity contribution in [1.82, 2.24) is 10.1 Å². The van der Waals surface area contributed by atoms with Crippen molar-refractivity contribution in [3.05, 3.63) is 63.1 Å². The molecule has 4 heterocycles. The van der Waals surface area contributed by atoms with Crippen molar-refractivity contribution >= 4 is 61.8 Å². The van der Waals surface area contributed by atoms with Gasteiger partial charge < -0.3 is 18.9 Å². The molecule has 3 atom stereocenters. The number of fused-ring (bicyclic) bond motifs is 3. The van der Waals surface area contributed by atoms with E-state index in [1.54, 1.807) is 24.3 Å². The third-order valence-electron chi connectivity index (χ3n) is 7.82. The second-order valence-corrected chi connectivity index (χ2v) is 13.5. The molecule has 2 fully saturated rings. The summed E-state index contributed by atoms with van der Waals surface area (Å²) in [6.45, 7) is 5.78. The molecule has 42 heavy (non-hydrogen) atoms. The topological polar surface area (TPSA) is 94.8 Å². The molecule has 12 heteroatoms. The van der Waals surface area contributed by atoms with E-state index in [0.717, 1.165) is 18.9 Å². The zero-order chi connectivity index (χ0) is 29.9. The highest BCUT2D eigenvalue weighted by Crippen LogP contribution is 2.45. The molecule has 2 aromatic carbocycles. The maximum absolute atomic E-state index is 14.8. The van der Waals surface area contributed by atoms with Gasteiger partial charge in [0.2, 0.25) is 0 Å². The molecule has 0 spiro atoms. The molecular weight excluding hydrogens is 604 g/mol. The standard InChI is InChI=1S/C30H28Cl2FN3O5S/c1-30(2,3)26-23(25(35-41-26)22-18(31)6-5-7-19(22)32)28(38)40-17-12-15-8-9-16(13-17)36(15)29-34-24-20(33)10-14(27(37)39-4)11-21(24)42-29/h5-7,10-11,15-17H,8-9,12-13H2,1-4H3/t15-,16+,17?. The Bertz CT molecular complexity index is 1680. The average Bonchev–Trinajstić information content (AvgIpc) is 3.62. The predicted molar refractivity (Wildman–Crippen MR) is 159 cm³/mol. The lowest BCUT2D eigenvalue weighted by Crippen LogP contribution is -2.46. The summed E-state index contributed by atoms with van der Waals surface area (Å²) in [6.07, 6.45) is 2.62. The van der Waals surface area contributed by atoms with Crippen LogP contribution in [0.2, 0.25) is 10.0 Å². The van der Waals surface area contributed by atoms with Crippen LogP contribution in [0.4, 0.5) is 9.52 Å². The van der Waals surface area contributed by atoms with Gasteiger partial charge in [-0.05, 0) is 37.1 Å². The fraction of sp³-hybridized carbons (Fsp3) is 0.400. The van der Waals surface area contributed by atoms with Crippen LogP contribution in [-0.4, -0.2) is 47.4 Å². The van der Waals surface area contributed by atoms with Gasteiger partial charge in [-0.3, -0.25) is 0 Å². The first-order valence-electron chi connectivity index (χ1n) is 13.6. The summed E-state index contributed by atoms with van der Waals surface area (Å²) in [5.41, 5.74) is 0.723. The first-order chi connectivity index (χ1) is 20.0. The zero-order valence-electron chi connectivity index (χ0n) is 23.4. The number of hydrogen-bond acceptors (Lipinski definition) is 9. The van der Waals surface area contributed by atoms with Crippen molar-refractivity contribution in [3.8, 4) is 11.3 Å². The number of benzene rings is 2. The van der Waals surface area contributed by atoms with Gasteiger partial charge in [-0.1, -0.05) is 66.5 Å². The lowest BCUT2D eigenvalue weighted by Gasteiger charge is -2.38. The van der Waals surface area contributed by atoms with Gasteiger partial charge in [-0.2, -0.15) is 0 Å². The highest BCUT2D eigenvalue weighted by molar-refractivity contribution is 7.22. The number of rotatable bonds is 5. The Balaban J connectivity index is 1.26. The van der Waals surface area contributed by atoms with Crippen molar-refractivity contribution in [3.63, 3.8) is 0 Å². The number of thiazole rings is 1. The molecule has 0 amide bonds. The van der Waals surface area contributed by atoms with Crippen LogP contribution in [-0.2, 0) is 14.9 Å². The van der Waals surface area contributed by atoms with E-state index in [9.17, 15) is 14.0 Å². The van der Waals surface area contributed by atoms with Crippen LogP contribution in [0, 0.1) is 5.82 Å². The Kier molecular flexibility index (Phi) is 7.43. The highest BCUT2D eigenvalue weighted by atomic mass is 35.5. The molecule has 0 aliphatic carbocycles. The van der Waals surface area contributed by atoms with Crippen LogP contribution in [0.25, 0.3) is 21.5 Å². The van der Waals surface area contributed by atoms with Crippen molar-refractivity contribution in [2.75, 3.05) is 12.0 Å². The average molecular weight is 633 g/mol. The number of carbonyl (C=O) groups is 2. The Morgan fingerprint density at radius 1 is 1.10 bits per heavy atom. The minimum absolute atomic E-state index is 0.0623. The molecule has 220 valence electrons.